The maximum absolute atomic E-state index is 13.1. The summed E-state index contributed by atoms with van der Waals surface area (Å²) in [6.07, 6.45) is -0.0704. The normalized spacial score (nSPS) is 10.2. The molecule has 0 atom stereocenters. The predicted octanol–water partition coefficient (Wildman–Crippen LogP) is 2.30. The molecule has 2 aromatic carbocycles. The summed E-state index contributed by atoms with van der Waals surface area (Å²) in [6.45, 7) is 2.08. The fraction of sp³-hybridized carbons (Fsp3) is 0.250. The van der Waals surface area contributed by atoms with Crippen molar-refractivity contribution in [2.75, 3.05) is 20.8 Å². The van der Waals surface area contributed by atoms with Gasteiger partial charge < -0.3 is 14.8 Å². The maximum atomic E-state index is 13.1. The molecule has 0 aliphatic heterocycles. The molecule has 0 fully saturated rings. The highest BCUT2D eigenvalue weighted by Gasteiger charge is 2.26. The number of nitro benzene ring substituents is 1. The Morgan fingerprint density at radius 2 is 1.79 bits per heavy atom. The molecule has 0 heterocycles. The molecule has 29 heavy (non-hydrogen) atoms. The highest BCUT2D eigenvalue weighted by Crippen LogP contribution is 2.28. The third-order valence-electron chi connectivity index (χ3n) is 4.12. The van der Waals surface area contributed by atoms with Crippen LogP contribution in [0.1, 0.15) is 38.8 Å². The Kier molecular flexibility index (Phi) is 7.02. The number of hydrogen-bond donors (Lipinski definition) is 1. The molecule has 0 aromatic heterocycles. The number of hydrogen-bond acceptors (Lipinski definition) is 7. The van der Waals surface area contributed by atoms with Crippen LogP contribution in [0.3, 0.4) is 0 Å². The number of nitrogens with zero attached hydrogens (tertiary/aromatic N) is 1. The molecule has 9 heteroatoms. The zero-order chi connectivity index (χ0) is 21.6. The van der Waals surface area contributed by atoms with Gasteiger partial charge in [0, 0.05) is 18.2 Å². The number of esters is 1. The molecule has 9 nitrogen and oxygen atoms in total. The van der Waals surface area contributed by atoms with Crippen LogP contribution in [-0.4, -0.2) is 43.3 Å². The van der Waals surface area contributed by atoms with Gasteiger partial charge in [0.15, 0.2) is 0 Å². The van der Waals surface area contributed by atoms with Crippen LogP contribution in [0.4, 0.5) is 5.69 Å². The SMILES string of the molecule is CCNC(=O)c1ccc(C(=O)c2cc(CC(=O)OC)ccc2OC)c([N+](=O)[O-])c1. The first-order valence-electron chi connectivity index (χ1n) is 8.67. The zero-order valence-corrected chi connectivity index (χ0v) is 16.2. The van der Waals surface area contributed by atoms with Crippen molar-refractivity contribution < 1.29 is 28.8 Å². The van der Waals surface area contributed by atoms with Gasteiger partial charge in [-0.2, -0.15) is 0 Å². The van der Waals surface area contributed by atoms with Crippen molar-refractivity contribution >= 4 is 23.3 Å². The van der Waals surface area contributed by atoms with Gasteiger partial charge in [-0.15, -0.1) is 0 Å². The van der Waals surface area contributed by atoms with Crippen LogP contribution in [-0.2, 0) is 16.0 Å². The Bertz CT molecular complexity index is 969. The van der Waals surface area contributed by atoms with Crippen LogP contribution in [0.15, 0.2) is 36.4 Å². The summed E-state index contributed by atoms with van der Waals surface area (Å²) in [5.41, 5.74) is -0.0809. The van der Waals surface area contributed by atoms with Crippen molar-refractivity contribution in [3.05, 3.63) is 68.8 Å². The molecular weight excluding hydrogens is 380 g/mol. The number of amides is 1. The molecule has 0 radical (unpaired) electrons. The van der Waals surface area contributed by atoms with E-state index in [4.69, 9.17) is 4.74 Å². The molecule has 1 amide bonds. The van der Waals surface area contributed by atoms with Gasteiger partial charge in [0.25, 0.3) is 11.6 Å². The van der Waals surface area contributed by atoms with E-state index in [-0.39, 0.29) is 28.9 Å². The number of methoxy groups -OCH3 is 2. The first-order valence-corrected chi connectivity index (χ1v) is 8.67. The van der Waals surface area contributed by atoms with Gasteiger partial charge in [0.1, 0.15) is 11.3 Å². The summed E-state index contributed by atoms with van der Waals surface area (Å²) in [5, 5.41) is 14.1. The fourth-order valence-electron chi connectivity index (χ4n) is 2.71. The largest absolute Gasteiger partial charge is 0.496 e. The Labute approximate surface area is 166 Å². The lowest BCUT2D eigenvalue weighted by Crippen LogP contribution is -2.23. The van der Waals surface area contributed by atoms with Crippen molar-refractivity contribution in [1.82, 2.24) is 5.32 Å². The minimum absolute atomic E-state index is 0.0581. The van der Waals surface area contributed by atoms with E-state index in [0.29, 0.717) is 12.1 Å². The number of ether oxygens (including phenoxy) is 2. The van der Waals surface area contributed by atoms with E-state index in [9.17, 15) is 24.5 Å². The lowest BCUT2D eigenvalue weighted by atomic mass is 9.97. The molecular formula is C20H20N2O7. The highest BCUT2D eigenvalue weighted by atomic mass is 16.6. The molecule has 1 N–H and O–H groups in total. The van der Waals surface area contributed by atoms with Crippen LogP contribution in [0.5, 0.6) is 5.75 Å². The predicted molar refractivity (Wildman–Crippen MR) is 103 cm³/mol. The van der Waals surface area contributed by atoms with Crippen LogP contribution >= 0.6 is 0 Å². The van der Waals surface area contributed by atoms with Gasteiger partial charge in [0.05, 0.1) is 31.1 Å². The molecule has 0 bridgehead atoms. The standard InChI is InChI=1S/C20H20N2O7/c1-4-21-20(25)13-6-7-14(16(11-13)22(26)27)19(24)15-9-12(10-18(23)29-3)5-8-17(15)28-2/h5-9,11H,4,10H2,1-3H3,(H,21,25). The number of ketones is 1. The molecule has 0 saturated heterocycles. The second kappa shape index (κ2) is 9.45. The Balaban J connectivity index is 2.53. The van der Waals surface area contributed by atoms with Crippen molar-refractivity contribution in [2.45, 2.75) is 13.3 Å². The Morgan fingerprint density at radius 3 is 2.38 bits per heavy atom. The molecule has 152 valence electrons. The topological polar surface area (TPSA) is 125 Å². The number of benzene rings is 2. The molecule has 2 aromatic rings. The average molecular weight is 400 g/mol. The first kappa shape index (κ1) is 21.5. The molecule has 0 aliphatic rings. The van der Waals surface area contributed by atoms with E-state index < -0.39 is 28.3 Å². The maximum Gasteiger partial charge on any atom is 0.309 e. The number of nitro groups is 1. The summed E-state index contributed by atoms with van der Waals surface area (Å²) in [4.78, 5) is 47.4. The van der Waals surface area contributed by atoms with E-state index in [1.807, 2.05) is 0 Å². The van der Waals surface area contributed by atoms with E-state index in [1.165, 1.54) is 38.5 Å². The van der Waals surface area contributed by atoms with Gasteiger partial charge in [-0.05, 0) is 36.8 Å². The van der Waals surface area contributed by atoms with E-state index in [2.05, 4.69) is 10.1 Å². The van der Waals surface area contributed by atoms with Gasteiger partial charge in [-0.25, -0.2) is 0 Å². The third-order valence-corrected chi connectivity index (χ3v) is 4.12. The molecule has 0 aliphatic carbocycles. The minimum Gasteiger partial charge on any atom is -0.496 e. The molecule has 0 saturated carbocycles. The van der Waals surface area contributed by atoms with E-state index in [0.717, 1.165) is 6.07 Å². The monoisotopic (exact) mass is 400 g/mol. The van der Waals surface area contributed by atoms with Gasteiger partial charge in [-0.3, -0.25) is 24.5 Å². The van der Waals surface area contributed by atoms with Crippen LogP contribution in [0.25, 0.3) is 0 Å². The van der Waals surface area contributed by atoms with Crippen molar-refractivity contribution in [1.29, 1.82) is 0 Å². The Hall–Kier alpha value is -3.75. The fourth-order valence-corrected chi connectivity index (χ4v) is 2.71. The summed E-state index contributed by atoms with van der Waals surface area (Å²) < 4.78 is 9.82. The average Bonchev–Trinajstić information content (AvgIpc) is 2.72. The lowest BCUT2D eigenvalue weighted by Gasteiger charge is -2.11. The Morgan fingerprint density at radius 1 is 1.07 bits per heavy atom. The van der Waals surface area contributed by atoms with Gasteiger partial charge in [0.2, 0.25) is 5.78 Å². The molecule has 0 spiro atoms. The third kappa shape index (κ3) is 4.95. The summed E-state index contributed by atoms with van der Waals surface area (Å²) in [7, 11) is 2.61. The summed E-state index contributed by atoms with van der Waals surface area (Å²) >= 11 is 0. The second-order valence-corrected chi connectivity index (χ2v) is 5.97. The van der Waals surface area contributed by atoms with Crippen LogP contribution in [0, 0.1) is 10.1 Å². The van der Waals surface area contributed by atoms with Crippen LogP contribution in [0.2, 0.25) is 0 Å². The minimum atomic E-state index is -0.721. The highest BCUT2D eigenvalue weighted by molar-refractivity contribution is 6.13. The first-order chi connectivity index (χ1) is 13.8. The van der Waals surface area contributed by atoms with E-state index >= 15 is 0 Å². The second-order valence-electron chi connectivity index (χ2n) is 5.97. The van der Waals surface area contributed by atoms with Gasteiger partial charge in [-0.1, -0.05) is 6.07 Å². The summed E-state index contributed by atoms with van der Waals surface area (Å²) in [5.74, 6) is -1.44. The van der Waals surface area contributed by atoms with Crippen molar-refractivity contribution in [3.8, 4) is 5.75 Å². The van der Waals surface area contributed by atoms with Crippen molar-refractivity contribution in [2.24, 2.45) is 0 Å². The quantitative estimate of drug-likeness (QED) is 0.312. The number of carbonyl (C=O) groups excluding carboxylic acids is 3. The van der Waals surface area contributed by atoms with Crippen LogP contribution < -0.4 is 10.1 Å². The van der Waals surface area contributed by atoms with E-state index in [1.54, 1.807) is 13.0 Å². The molecule has 0 unspecified atom stereocenters. The zero-order valence-electron chi connectivity index (χ0n) is 16.2. The summed E-state index contributed by atoms with van der Waals surface area (Å²) in [6, 6.07) is 8.16. The lowest BCUT2D eigenvalue weighted by molar-refractivity contribution is -0.385. The number of nitrogens with one attached hydrogen (secondary N) is 1. The molecule has 2 rings (SSSR count). The number of rotatable bonds is 8. The van der Waals surface area contributed by atoms with Crippen molar-refractivity contribution in [3.63, 3.8) is 0 Å². The smallest absolute Gasteiger partial charge is 0.309 e. The van der Waals surface area contributed by atoms with Gasteiger partial charge >= 0.3 is 5.97 Å². The number of carbonyl (C=O) groups is 3.